The Labute approximate surface area is 66.4 Å². The minimum absolute atomic E-state index is 0.741. The number of benzene rings is 1. The van der Waals surface area contributed by atoms with Crippen LogP contribution in [-0.2, 0) is 0 Å². The number of rotatable bonds is 2. The highest BCUT2D eigenvalue weighted by Gasteiger charge is 1.93. The summed E-state index contributed by atoms with van der Waals surface area (Å²) in [5, 5.41) is 0. The van der Waals surface area contributed by atoms with Gasteiger partial charge in [-0.15, -0.1) is 0 Å². The lowest BCUT2D eigenvalue weighted by atomic mass is 10.1. The molecule has 0 amide bonds. The van der Waals surface area contributed by atoms with Crippen molar-refractivity contribution in [1.82, 2.24) is 0 Å². The molecule has 0 fully saturated rings. The molecule has 1 nitrogen and oxygen atoms in total. The Bertz CT molecular complexity index is 274. The van der Waals surface area contributed by atoms with Crippen molar-refractivity contribution in [3.63, 3.8) is 0 Å². The first-order valence-corrected chi connectivity index (χ1v) is 3.55. The summed E-state index contributed by atoms with van der Waals surface area (Å²) in [6, 6.07) is 7.51. The third-order valence-electron chi connectivity index (χ3n) is 1.47. The van der Waals surface area contributed by atoms with Crippen molar-refractivity contribution in [2.45, 2.75) is 6.92 Å². The lowest BCUT2D eigenvalue weighted by molar-refractivity contribution is 0.112. The molecule has 0 unspecified atom stereocenters. The van der Waals surface area contributed by atoms with Gasteiger partial charge in [0.1, 0.15) is 0 Å². The third kappa shape index (κ3) is 1.77. The summed E-state index contributed by atoms with van der Waals surface area (Å²) < 4.78 is 0. The fourth-order valence-corrected chi connectivity index (χ4v) is 0.950. The zero-order valence-corrected chi connectivity index (χ0v) is 6.45. The van der Waals surface area contributed by atoms with Crippen molar-refractivity contribution in [2.75, 3.05) is 0 Å². The number of hydrogen-bond acceptors (Lipinski definition) is 1. The Hall–Kier alpha value is -1.37. The molecule has 1 heteroatoms. The van der Waals surface area contributed by atoms with Gasteiger partial charge in [-0.3, -0.25) is 4.79 Å². The second-order valence-corrected chi connectivity index (χ2v) is 2.25. The summed E-state index contributed by atoms with van der Waals surface area (Å²) in [5.41, 5.74) is 1.72. The molecule has 0 heterocycles. The van der Waals surface area contributed by atoms with Crippen molar-refractivity contribution in [2.24, 2.45) is 0 Å². The van der Waals surface area contributed by atoms with E-state index in [1.54, 1.807) is 0 Å². The van der Waals surface area contributed by atoms with E-state index in [-0.39, 0.29) is 0 Å². The number of carbonyl (C=O) groups excluding carboxylic acids is 1. The van der Waals surface area contributed by atoms with Gasteiger partial charge in [-0.2, -0.15) is 0 Å². The molecule has 0 saturated heterocycles. The summed E-state index contributed by atoms with van der Waals surface area (Å²) in [6.45, 7) is 1.93. The van der Waals surface area contributed by atoms with E-state index in [0.717, 1.165) is 17.4 Å². The van der Waals surface area contributed by atoms with Crippen molar-refractivity contribution in [3.8, 4) is 0 Å². The molecule has 0 N–H and O–H groups in total. The normalized spacial score (nSPS) is 10.3. The second-order valence-electron chi connectivity index (χ2n) is 2.25. The van der Waals surface area contributed by atoms with Gasteiger partial charge in [-0.1, -0.05) is 36.4 Å². The van der Waals surface area contributed by atoms with E-state index in [1.165, 1.54) is 0 Å². The highest BCUT2D eigenvalue weighted by atomic mass is 16.1. The zero-order chi connectivity index (χ0) is 8.10. The van der Waals surface area contributed by atoms with Crippen LogP contribution in [0, 0.1) is 0 Å². The van der Waals surface area contributed by atoms with Crippen LogP contribution in [0.25, 0.3) is 6.08 Å². The zero-order valence-electron chi connectivity index (χ0n) is 6.45. The van der Waals surface area contributed by atoms with E-state index >= 15 is 0 Å². The average molecular weight is 146 g/mol. The molecule has 0 aromatic heterocycles. The molecule has 1 rings (SSSR count). The van der Waals surface area contributed by atoms with Crippen LogP contribution >= 0.6 is 0 Å². The summed E-state index contributed by atoms with van der Waals surface area (Å²) in [6.07, 6.45) is 4.71. The molecule has 1 aromatic rings. The Morgan fingerprint density at radius 1 is 1.18 bits per heavy atom. The van der Waals surface area contributed by atoms with Crippen molar-refractivity contribution in [3.05, 3.63) is 41.5 Å². The standard InChI is InChI=1S/C10H10O/c1-2-5-9-6-3-4-7-10(9)8-11/h2-8H,1H3/b5-2-. The first-order valence-electron chi connectivity index (χ1n) is 3.55. The van der Waals surface area contributed by atoms with E-state index < -0.39 is 0 Å². The molecule has 0 radical (unpaired) electrons. The van der Waals surface area contributed by atoms with Gasteiger partial charge in [0.05, 0.1) is 0 Å². The van der Waals surface area contributed by atoms with Gasteiger partial charge < -0.3 is 0 Å². The first-order chi connectivity index (χ1) is 5.38. The second kappa shape index (κ2) is 3.71. The van der Waals surface area contributed by atoms with Gasteiger partial charge in [-0.05, 0) is 12.5 Å². The molecule has 1 aromatic carbocycles. The predicted octanol–water partition coefficient (Wildman–Crippen LogP) is 2.53. The first kappa shape index (κ1) is 7.73. The Morgan fingerprint density at radius 3 is 2.36 bits per heavy atom. The van der Waals surface area contributed by atoms with Gasteiger partial charge in [0, 0.05) is 5.56 Å². The molecular formula is C10H10O. The van der Waals surface area contributed by atoms with Crippen LogP contribution in [0.15, 0.2) is 30.3 Å². The maximum atomic E-state index is 10.5. The molecule has 0 bridgehead atoms. The number of hydrogen-bond donors (Lipinski definition) is 0. The molecule has 0 aliphatic carbocycles. The molecule has 11 heavy (non-hydrogen) atoms. The monoisotopic (exact) mass is 146 g/mol. The van der Waals surface area contributed by atoms with E-state index in [1.807, 2.05) is 43.3 Å². The van der Waals surface area contributed by atoms with E-state index in [4.69, 9.17) is 0 Å². The Kier molecular flexibility index (Phi) is 2.61. The minimum atomic E-state index is 0.741. The van der Waals surface area contributed by atoms with Crippen molar-refractivity contribution in [1.29, 1.82) is 0 Å². The lowest BCUT2D eigenvalue weighted by Gasteiger charge is -1.95. The van der Waals surface area contributed by atoms with E-state index in [2.05, 4.69) is 0 Å². The predicted molar refractivity (Wildman–Crippen MR) is 46.5 cm³/mol. The molecule has 0 atom stereocenters. The van der Waals surface area contributed by atoms with Crippen LogP contribution in [0.5, 0.6) is 0 Å². The molecule has 56 valence electrons. The Morgan fingerprint density at radius 2 is 1.82 bits per heavy atom. The van der Waals surface area contributed by atoms with Crippen LogP contribution in [0.2, 0.25) is 0 Å². The number of aldehydes is 1. The van der Waals surface area contributed by atoms with E-state index in [0.29, 0.717) is 0 Å². The fraction of sp³-hybridized carbons (Fsp3) is 0.100. The average Bonchev–Trinajstić information content (AvgIpc) is 2.06. The third-order valence-corrected chi connectivity index (χ3v) is 1.47. The van der Waals surface area contributed by atoms with Crippen molar-refractivity contribution < 1.29 is 4.79 Å². The molecule has 0 spiro atoms. The maximum absolute atomic E-state index is 10.5. The molecule has 0 aliphatic rings. The maximum Gasteiger partial charge on any atom is 0.150 e. The van der Waals surface area contributed by atoms with Crippen LogP contribution in [-0.4, -0.2) is 6.29 Å². The van der Waals surface area contributed by atoms with E-state index in [9.17, 15) is 4.79 Å². The summed E-state index contributed by atoms with van der Waals surface area (Å²) in [5.74, 6) is 0. The quantitative estimate of drug-likeness (QED) is 0.586. The topological polar surface area (TPSA) is 17.1 Å². The molecule has 0 aliphatic heterocycles. The van der Waals surface area contributed by atoms with Crippen molar-refractivity contribution >= 4 is 12.4 Å². The minimum Gasteiger partial charge on any atom is -0.298 e. The van der Waals surface area contributed by atoms with Crippen LogP contribution in [0.3, 0.4) is 0 Å². The highest BCUT2D eigenvalue weighted by molar-refractivity contribution is 5.81. The SMILES string of the molecule is C/C=C\c1ccccc1C=O. The Balaban J connectivity index is 3.11. The molecule has 0 saturated carbocycles. The molecular weight excluding hydrogens is 136 g/mol. The highest BCUT2D eigenvalue weighted by Crippen LogP contribution is 2.07. The van der Waals surface area contributed by atoms with Gasteiger partial charge in [0.2, 0.25) is 0 Å². The summed E-state index contributed by atoms with van der Waals surface area (Å²) >= 11 is 0. The lowest BCUT2D eigenvalue weighted by Crippen LogP contribution is -1.83. The summed E-state index contributed by atoms with van der Waals surface area (Å²) in [4.78, 5) is 10.5. The number of carbonyl (C=O) groups is 1. The largest absolute Gasteiger partial charge is 0.298 e. The smallest absolute Gasteiger partial charge is 0.150 e. The van der Waals surface area contributed by atoms with Gasteiger partial charge >= 0.3 is 0 Å². The van der Waals surface area contributed by atoms with Crippen LogP contribution in [0.4, 0.5) is 0 Å². The van der Waals surface area contributed by atoms with Gasteiger partial charge in [0.15, 0.2) is 6.29 Å². The van der Waals surface area contributed by atoms with Gasteiger partial charge in [-0.25, -0.2) is 0 Å². The fourth-order valence-electron chi connectivity index (χ4n) is 0.950. The number of allylic oxidation sites excluding steroid dienone is 1. The van der Waals surface area contributed by atoms with Crippen LogP contribution in [0.1, 0.15) is 22.8 Å². The van der Waals surface area contributed by atoms with Gasteiger partial charge in [0.25, 0.3) is 0 Å². The summed E-state index contributed by atoms with van der Waals surface area (Å²) in [7, 11) is 0. The van der Waals surface area contributed by atoms with Crippen LogP contribution < -0.4 is 0 Å².